The average molecular weight is 387 g/mol. The van der Waals surface area contributed by atoms with Gasteiger partial charge in [0.05, 0.1) is 5.56 Å². The van der Waals surface area contributed by atoms with E-state index in [9.17, 15) is 9.59 Å². The molecule has 0 spiro atoms. The van der Waals surface area contributed by atoms with Crippen molar-refractivity contribution in [2.45, 2.75) is 44.9 Å². The van der Waals surface area contributed by atoms with E-state index < -0.39 is 0 Å². The quantitative estimate of drug-likeness (QED) is 0.781. The molecule has 0 bridgehead atoms. The number of likely N-dealkylation sites (tertiary alicyclic amines) is 2. The summed E-state index contributed by atoms with van der Waals surface area (Å²) in [5, 5.41) is 0. The van der Waals surface area contributed by atoms with Crippen molar-refractivity contribution in [3.63, 3.8) is 0 Å². The van der Waals surface area contributed by atoms with E-state index in [1.807, 2.05) is 17.0 Å². The summed E-state index contributed by atoms with van der Waals surface area (Å²) in [4.78, 5) is 35.5. The van der Waals surface area contributed by atoms with Gasteiger partial charge in [0.25, 0.3) is 5.91 Å². The first-order chi connectivity index (χ1) is 13.5. The van der Waals surface area contributed by atoms with Gasteiger partial charge < -0.3 is 14.7 Å². The van der Waals surface area contributed by atoms with Gasteiger partial charge in [-0.1, -0.05) is 6.92 Å². The Morgan fingerprint density at radius 3 is 2.50 bits per heavy atom. The number of hydrogen-bond acceptors (Lipinski definition) is 4. The molecular formula is C22H34N4O2. The van der Waals surface area contributed by atoms with E-state index in [0.717, 1.165) is 64.1 Å². The standard InChI is InChI=1S/C22H34N4O2/c1-4-25-12-9-17(10-13-25)14-21(27)26-11-5-6-19(16-26)20-8-7-18(15-23-20)22(28)24(2)3/h7-8,15,17,19H,4-6,9-14,16H2,1-3H3/t19-/m0/s1. The molecular weight excluding hydrogens is 352 g/mol. The van der Waals surface area contributed by atoms with Gasteiger partial charge in [-0.05, 0) is 63.4 Å². The van der Waals surface area contributed by atoms with Crippen molar-refractivity contribution in [1.82, 2.24) is 19.7 Å². The number of pyridine rings is 1. The van der Waals surface area contributed by atoms with Gasteiger partial charge >= 0.3 is 0 Å². The van der Waals surface area contributed by atoms with Crippen LogP contribution in [0.1, 0.15) is 61.0 Å². The van der Waals surface area contributed by atoms with Crippen LogP contribution < -0.4 is 0 Å². The third kappa shape index (κ3) is 5.10. The van der Waals surface area contributed by atoms with Crippen LogP contribution in [0.4, 0.5) is 0 Å². The lowest BCUT2D eigenvalue weighted by atomic mass is 9.90. The van der Waals surface area contributed by atoms with Crippen molar-refractivity contribution in [2.75, 3.05) is 46.8 Å². The van der Waals surface area contributed by atoms with Gasteiger partial charge in [0.2, 0.25) is 5.91 Å². The fourth-order valence-electron chi connectivity index (χ4n) is 4.36. The Morgan fingerprint density at radius 1 is 1.14 bits per heavy atom. The Kier molecular flexibility index (Phi) is 7.05. The lowest BCUT2D eigenvalue weighted by molar-refractivity contribution is -0.133. The van der Waals surface area contributed by atoms with Crippen molar-refractivity contribution in [3.8, 4) is 0 Å². The summed E-state index contributed by atoms with van der Waals surface area (Å²) in [7, 11) is 3.49. The molecule has 6 nitrogen and oxygen atoms in total. The van der Waals surface area contributed by atoms with Gasteiger partial charge in [-0.25, -0.2) is 0 Å². The molecule has 0 saturated carbocycles. The fourth-order valence-corrected chi connectivity index (χ4v) is 4.36. The Morgan fingerprint density at radius 2 is 1.89 bits per heavy atom. The molecule has 0 radical (unpaired) electrons. The van der Waals surface area contributed by atoms with Crippen molar-refractivity contribution in [2.24, 2.45) is 5.92 Å². The van der Waals surface area contributed by atoms with Crippen LogP contribution in [0, 0.1) is 5.92 Å². The van der Waals surface area contributed by atoms with Crippen LogP contribution in [0.5, 0.6) is 0 Å². The minimum atomic E-state index is -0.0337. The van der Waals surface area contributed by atoms with Crippen molar-refractivity contribution < 1.29 is 9.59 Å². The number of nitrogens with zero attached hydrogens (tertiary/aromatic N) is 4. The Labute approximate surface area is 168 Å². The molecule has 2 fully saturated rings. The van der Waals surface area contributed by atoms with E-state index in [2.05, 4.69) is 16.8 Å². The first-order valence-corrected chi connectivity index (χ1v) is 10.7. The maximum atomic E-state index is 12.9. The number of aromatic nitrogens is 1. The number of rotatable bonds is 5. The summed E-state index contributed by atoms with van der Waals surface area (Å²) in [5.74, 6) is 1.07. The van der Waals surface area contributed by atoms with Gasteiger partial charge in [0.15, 0.2) is 0 Å². The zero-order chi connectivity index (χ0) is 20.1. The third-order valence-corrected chi connectivity index (χ3v) is 6.25. The fraction of sp³-hybridized carbons (Fsp3) is 0.682. The molecule has 0 unspecified atom stereocenters. The highest BCUT2D eigenvalue weighted by atomic mass is 16.2. The number of carbonyl (C=O) groups is 2. The molecule has 1 aromatic rings. The zero-order valence-electron chi connectivity index (χ0n) is 17.6. The molecule has 1 aromatic heterocycles. The lowest BCUT2D eigenvalue weighted by Crippen LogP contribution is -2.41. The summed E-state index contributed by atoms with van der Waals surface area (Å²) < 4.78 is 0. The third-order valence-electron chi connectivity index (χ3n) is 6.25. The van der Waals surface area contributed by atoms with Crippen LogP contribution >= 0.6 is 0 Å². The summed E-state index contributed by atoms with van der Waals surface area (Å²) in [6.07, 6.45) is 6.70. The van der Waals surface area contributed by atoms with E-state index >= 15 is 0 Å². The van der Waals surface area contributed by atoms with Crippen molar-refractivity contribution >= 4 is 11.8 Å². The molecule has 2 saturated heterocycles. The molecule has 28 heavy (non-hydrogen) atoms. The number of hydrogen-bond donors (Lipinski definition) is 0. The highest BCUT2D eigenvalue weighted by molar-refractivity contribution is 5.93. The maximum absolute atomic E-state index is 12.9. The molecule has 6 heteroatoms. The second-order valence-electron chi connectivity index (χ2n) is 8.43. The molecule has 3 rings (SSSR count). The van der Waals surface area contributed by atoms with Gasteiger partial charge in [0, 0.05) is 51.4 Å². The summed E-state index contributed by atoms with van der Waals surface area (Å²) in [6, 6.07) is 3.81. The van der Waals surface area contributed by atoms with Gasteiger partial charge in [0.1, 0.15) is 0 Å². The van der Waals surface area contributed by atoms with Crippen molar-refractivity contribution in [1.29, 1.82) is 0 Å². The van der Waals surface area contributed by atoms with Crippen LogP contribution in [-0.4, -0.2) is 78.3 Å². The SMILES string of the molecule is CCN1CCC(CC(=O)N2CCC[C@H](c3ccc(C(=O)N(C)C)cn3)C2)CC1. The van der Waals surface area contributed by atoms with Crippen LogP contribution in [0.15, 0.2) is 18.3 Å². The minimum absolute atomic E-state index is 0.0337. The average Bonchev–Trinajstić information content (AvgIpc) is 2.74. The molecule has 2 aliphatic rings. The normalized spacial score (nSPS) is 21.5. The molecule has 0 aliphatic carbocycles. The molecule has 1 atom stereocenters. The molecule has 2 amide bonds. The van der Waals surface area contributed by atoms with E-state index in [4.69, 9.17) is 0 Å². The zero-order valence-corrected chi connectivity index (χ0v) is 17.6. The molecule has 0 aromatic carbocycles. The first kappa shape index (κ1) is 20.8. The summed E-state index contributed by atoms with van der Waals surface area (Å²) in [5.41, 5.74) is 1.60. The number of piperidine rings is 2. The van der Waals surface area contributed by atoms with E-state index in [0.29, 0.717) is 23.8 Å². The highest BCUT2D eigenvalue weighted by Crippen LogP contribution is 2.28. The number of amides is 2. The second-order valence-corrected chi connectivity index (χ2v) is 8.43. The first-order valence-electron chi connectivity index (χ1n) is 10.7. The Hall–Kier alpha value is -1.95. The van der Waals surface area contributed by atoms with Gasteiger partial charge in [-0.3, -0.25) is 14.6 Å². The van der Waals surface area contributed by atoms with Crippen LogP contribution in [0.3, 0.4) is 0 Å². The summed E-state index contributed by atoms with van der Waals surface area (Å²) >= 11 is 0. The van der Waals surface area contributed by atoms with Crippen LogP contribution in [0.2, 0.25) is 0 Å². The van der Waals surface area contributed by atoms with Gasteiger partial charge in [-0.15, -0.1) is 0 Å². The Bertz CT molecular complexity index is 666. The van der Waals surface area contributed by atoms with E-state index in [-0.39, 0.29) is 11.8 Å². The van der Waals surface area contributed by atoms with Crippen molar-refractivity contribution in [3.05, 3.63) is 29.6 Å². The predicted molar refractivity (Wildman–Crippen MR) is 110 cm³/mol. The topological polar surface area (TPSA) is 56.8 Å². The second kappa shape index (κ2) is 9.50. The lowest BCUT2D eigenvalue weighted by Gasteiger charge is -2.35. The van der Waals surface area contributed by atoms with E-state index in [1.54, 1.807) is 25.2 Å². The summed E-state index contributed by atoms with van der Waals surface area (Å²) in [6.45, 7) is 7.18. The highest BCUT2D eigenvalue weighted by Gasteiger charge is 2.28. The maximum Gasteiger partial charge on any atom is 0.254 e. The Balaban J connectivity index is 1.55. The largest absolute Gasteiger partial charge is 0.345 e. The smallest absolute Gasteiger partial charge is 0.254 e. The van der Waals surface area contributed by atoms with Gasteiger partial charge in [-0.2, -0.15) is 0 Å². The number of carbonyl (C=O) groups excluding carboxylic acids is 2. The minimum Gasteiger partial charge on any atom is -0.345 e. The van der Waals surface area contributed by atoms with E-state index in [1.165, 1.54) is 0 Å². The molecule has 2 aliphatic heterocycles. The molecule has 0 N–H and O–H groups in total. The van der Waals surface area contributed by atoms with Crippen LogP contribution in [0.25, 0.3) is 0 Å². The molecule has 3 heterocycles. The monoisotopic (exact) mass is 386 g/mol. The predicted octanol–water partition coefficient (Wildman–Crippen LogP) is 2.61. The molecule has 154 valence electrons. The van der Waals surface area contributed by atoms with Crippen LogP contribution in [-0.2, 0) is 4.79 Å².